The summed E-state index contributed by atoms with van der Waals surface area (Å²) >= 11 is 0. The summed E-state index contributed by atoms with van der Waals surface area (Å²) in [6.45, 7) is 1.53. The topological polar surface area (TPSA) is 98.4 Å². The molecule has 1 aromatic rings. The quantitative estimate of drug-likeness (QED) is 0.864. The molecule has 24 heavy (non-hydrogen) atoms. The number of aromatic nitrogens is 2. The zero-order valence-electron chi connectivity index (χ0n) is 13.9. The molecule has 2 heterocycles. The molecule has 1 aliphatic carbocycles. The van der Waals surface area contributed by atoms with Crippen LogP contribution in [0.1, 0.15) is 44.9 Å². The second-order valence-corrected chi connectivity index (χ2v) is 8.51. The van der Waals surface area contributed by atoms with Gasteiger partial charge in [0.05, 0.1) is 18.1 Å². The van der Waals surface area contributed by atoms with Crippen LogP contribution in [0.5, 0.6) is 5.88 Å². The Morgan fingerprint density at radius 1 is 1.12 bits per heavy atom. The van der Waals surface area contributed by atoms with Crippen molar-refractivity contribution in [2.75, 3.05) is 23.7 Å². The van der Waals surface area contributed by atoms with Gasteiger partial charge in [-0.2, -0.15) is 4.98 Å². The number of anilines is 1. The highest BCUT2D eigenvalue weighted by atomic mass is 32.2. The van der Waals surface area contributed by atoms with Gasteiger partial charge in [-0.1, -0.05) is 6.42 Å². The van der Waals surface area contributed by atoms with Crippen LogP contribution in [0.15, 0.2) is 12.4 Å². The van der Waals surface area contributed by atoms with Crippen LogP contribution in [-0.2, 0) is 10.0 Å². The van der Waals surface area contributed by atoms with Gasteiger partial charge in [0.25, 0.3) is 0 Å². The van der Waals surface area contributed by atoms with Gasteiger partial charge in [-0.15, -0.1) is 0 Å². The lowest BCUT2D eigenvalue weighted by atomic mass is 9.98. The second kappa shape index (κ2) is 7.65. The van der Waals surface area contributed by atoms with Crippen molar-refractivity contribution in [1.29, 1.82) is 0 Å². The zero-order chi connectivity index (χ0) is 17.0. The molecule has 0 spiro atoms. The number of rotatable bonds is 5. The van der Waals surface area contributed by atoms with E-state index in [1.54, 1.807) is 12.4 Å². The first-order valence-electron chi connectivity index (χ1n) is 8.74. The summed E-state index contributed by atoms with van der Waals surface area (Å²) in [6, 6.07) is 0. The Morgan fingerprint density at radius 3 is 2.50 bits per heavy atom. The maximum atomic E-state index is 11.2. The molecule has 0 amide bonds. The molecular formula is C16H26N4O3S. The van der Waals surface area contributed by atoms with Crippen LogP contribution < -0.4 is 14.8 Å². The zero-order valence-corrected chi connectivity index (χ0v) is 14.7. The van der Waals surface area contributed by atoms with Crippen LogP contribution in [0.3, 0.4) is 0 Å². The van der Waals surface area contributed by atoms with Gasteiger partial charge in [0.15, 0.2) is 5.82 Å². The summed E-state index contributed by atoms with van der Waals surface area (Å²) in [4.78, 5) is 11.0. The van der Waals surface area contributed by atoms with Crippen LogP contribution in [0.4, 0.5) is 5.82 Å². The fraction of sp³-hybridized carbons (Fsp3) is 0.750. The predicted molar refractivity (Wildman–Crippen MR) is 92.4 cm³/mol. The lowest BCUT2D eigenvalue weighted by Crippen LogP contribution is -2.37. The minimum atomic E-state index is -3.40. The standard InChI is InChI=1S/C16H26N4O3S/c17-24(21,22)12-13-6-8-20(9-7-13)15-10-18-11-16(19-15)23-14-4-2-1-3-5-14/h10-11,13-14H,1-9,12H2,(H2,17,21,22). The van der Waals surface area contributed by atoms with Gasteiger partial charge in [-0.25, -0.2) is 13.6 Å². The van der Waals surface area contributed by atoms with Crippen molar-refractivity contribution in [3.8, 4) is 5.88 Å². The minimum absolute atomic E-state index is 0.0668. The molecule has 2 aliphatic rings. The lowest BCUT2D eigenvalue weighted by Gasteiger charge is -2.32. The fourth-order valence-corrected chi connectivity index (χ4v) is 4.55. The maximum absolute atomic E-state index is 11.2. The number of hydrogen-bond acceptors (Lipinski definition) is 6. The summed E-state index contributed by atoms with van der Waals surface area (Å²) in [5.41, 5.74) is 0. The minimum Gasteiger partial charge on any atom is -0.473 e. The van der Waals surface area contributed by atoms with E-state index in [2.05, 4.69) is 14.9 Å². The maximum Gasteiger partial charge on any atom is 0.234 e. The molecule has 134 valence electrons. The van der Waals surface area contributed by atoms with E-state index in [-0.39, 0.29) is 17.8 Å². The van der Waals surface area contributed by atoms with Crippen LogP contribution >= 0.6 is 0 Å². The van der Waals surface area contributed by atoms with Crippen molar-refractivity contribution in [2.45, 2.75) is 51.0 Å². The number of hydrogen-bond donors (Lipinski definition) is 1. The van der Waals surface area contributed by atoms with Crippen LogP contribution in [0.2, 0.25) is 0 Å². The average Bonchev–Trinajstić information content (AvgIpc) is 2.55. The number of nitrogens with two attached hydrogens (primary N) is 1. The van der Waals surface area contributed by atoms with Gasteiger partial charge in [0.1, 0.15) is 6.10 Å². The number of ether oxygens (including phenoxy) is 1. The monoisotopic (exact) mass is 354 g/mol. The summed E-state index contributed by atoms with van der Waals surface area (Å²) in [6.07, 6.45) is 11.2. The molecule has 1 saturated heterocycles. The van der Waals surface area contributed by atoms with Crippen molar-refractivity contribution < 1.29 is 13.2 Å². The molecule has 3 rings (SSSR count). The molecule has 1 aromatic heterocycles. The first-order chi connectivity index (χ1) is 11.5. The van der Waals surface area contributed by atoms with Gasteiger partial charge in [-0.05, 0) is 44.4 Å². The Kier molecular flexibility index (Phi) is 5.55. The van der Waals surface area contributed by atoms with E-state index < -0.39 is 10.0 Å². The van der Waals surface area contributed by atoms with Gasteiger partial charge in [0, 0.05) is 13.1 Å². The van der Waals surface area contributed by atoms with Crippen LogP contribution in [0, 0.1) is 5.92 Å². The summed E-state index contributed by atoms with van der Waals surface area (Å²) in [7, 11) is -3.40. The molecule has 0 aromatic carbocycles. The van der Waals surface area contributed by atoms with E-state index in [1.165, 1.54) is 19.3 Å². The van der Waals surface area contributed by atoms with Gasteiger partial charge in [-0.3, -0.25) is 4.98 Å². The van der Waals surface area contributed by atoms with Crippen molar-refractivity contribution in [2.24, 2.45) is 11.1 Å². The third kappa shape index (κ3) is 5.04. The average molecular weight is 354 g/mol. The number of nitrogens with zero attached hydrogens (tertiary/aromatic N) is 3. The summed E-state index contributed by atoms with van der Waals surface area (Å²) in [5, 5.41) is 5.14. The number of primary sulfonamides is 1. The Morgan fingerprint density at radius 2 is 1.83 bits per heavy atom. The third-order valence-electron chi connectivity index (χ3n) is 4.85. The molecule has 1 aliphatic heterocycles. The first kappa shape index (κ1) is 17.4. The molecule has 7 nitrogen and oxygen atoms in total. The smallest absolute Gasteiger partial charge is 0.234 e. The largest absolute Gasteiger partial charge is 0.473 e. The van der Waals surface area contributed by atoms with Crippen LogP contribution in [0.25, 0.3) is 0 Å². The van der Waals surface area contributed by atoms with E-state index in [9.17, 15) is 8.42 Å². The SMILES string of the molecule is NS(=O)(=O)CC1CCN(c2cncc(OC3CCCCC3)n2)CC1. The van der Waals surface area contributed by atoms with E-state index in [0.29, 0.717) is 5.88 Å². The van der Waals surface area contributed by atoms with Gasteiger partial charge >= 0.3 is 0 Å². The highest BCUT2D eigenvalue weighted by Gasteiger charge is 2.24. The molecule has 0 unspecified atom stereocenters. The number of piperidine rings is 1. The van der Waals surface area contributed by atoms with Gasteiger partial charge in [0.2, 0.25) is 15.9 Å². The Balaban J connectivity index is 1.56. The van der Waals surface area contributed by atoms with E-state index in [4.69, 9.17) is 9.88 Å². The number of sulfonamides is 1. The first-order valence-corrected chi connectivity index (χ1v) is 10.5. The summed E-state index contributed by atoms with van der Waals surface area (Å²) in [5.74, 6) is 1.59. The molecule has 2 N–H and O–H groups in total. The molecule has 0 bridgehead atoms. The molecule has 2 fully saturated rings. The van der Waals surface area contributed by atoms with Crippen molar-refractivity contribution in [3.63, 3.8) is 0 Å². The molecule has 8 heteroatoms. The van der Waals surface area contributed by atoms with E-state index >= 15 is 0 Å². The second-order valence-electron chi connectivity index (χ2n) is 6.85. The molecular weight excluding hydrogens is 328 g/mol. The summed E-state index contributed by atoms with van der Waals surface area (Å²) < 4.78 is 28.4. The molecule has 0 radical (unpaired) electrons. The van der Waals surface area contributed by atoms with Gasteiger partial charge < -0.3 is 9.64 Å². The lowest BCUT2D eigenvalue weighted by molar-refractivity contribution is 0.148. The predicted octanol–water partition coefficient (Wildman–Crippen LogP) is 1.69. The highest BCUT2D eigenvalue weighted by Crippen LogP contribution is 2.25. The molecule has 1 saturated carbocycles. The van der Waals surface area contributed by atoms with Crippen molar-refractivity contribution in [1.82, 2.24) is 9.97 Å². The fourth-order valence-electron chi connectivity index (χ4n) is 3.56. The van der Waals surface area contributed by atoms with Crippen molar-refractivity contribution in [3.05, 3.63) is 12.4 Å². The van der Waals surface area contributed by atoms with E-state index in [0.717, 1.165) is 44.6 Å². The normalized spacial score (nSPS) is 21.0. The Bertz CT molecular complexity index is 638. The Labute approximate surface area is 143 Å². The Hall–Kier alpha value is -1.41. The highest BCUT2D eigenvalue weighted by molar-refractivity contribution is 7.89. The van der Waals surface area contributed by atoms with Crippen LogP contribution in [-0.4, -0.2) is 43.3 Å². The molecule has 0 atom stereocenters. The van der Waals surface area contributed by atoms with E-state index in [1.807, 2.05) is 0 Å². The van der Waals surface area contributed by atoms with Crippen molar-refractivity contribution >= 4 is 15.8 Å². The third-order valence-corrected chi connectivity index (χ3v) is 5.78.